The van der Waals surface area contributed by atoms with Crippen molar-refractivity contribution in [1.82, 2.24) is 10.0 Å². The van der Waals surface area contributed by atoms with Crippen molar-refractivity contribution >= 4 is 10.0 Å². The molecule has 1 unspecified atom stereocenters. The average molecular weight is 296 g/mol. The molecule has 4 nitrogen and oxygen atoms in total. The van der Waals surface area contributed by atoms with Crippen LogP contribution in [0.3, 0.4) is 0 Å². The van der Waals surface area contributed by atoms with Gasteiger partial charge in [-0.1, -0.05) is 19.1 Å². The Morgan fingerprint density at radius 3 is 2.65 bits per heavy atom. The molecule has 2 rings (SSSR count). The van der Waals surface area contributed by atoms with Crippen LogP contribution in [0.1, 0.15) is 37.8 Å². The van der Waals surface area contributed by atoms with E-state index < -0.39 is 10.0 Å². The minimum Gasteiger partial charge on any atom is -0.313 e. The van der Waals surface area contributed by atoms with Crippen molar-refractivity contribution < 1.29 is 8.42 Å². The Morgan fingerprint density at radius 2 is 2.05 bits per heavy atom. The van der Waals surface area contributed by atoms with Gasteiger partial charge in [-0.2, -0.15) is 0 Å². The molecule has 0 bridgehead atoms. The van der Waals surface area contributed by atoms with Gasteiger partial charge in [0.1, 0.15) is 0 Å². The Morgan fingerprint density at radius 1 is 1.35 bits per heavy atom. The van der Waals surface area contributed by atoms with Crippen molar-refractivity contribution in [3.63, 3.8) is 0 Å². The molecule has 0 heterocycles. The van der Waals surface area contributed by atoms with Crippen LogP contribution < -0.4 is 10.0 Å². The van der Waals surface area contributed by atoms with E-state index in [-0.39, 0.29) is 6.04 Å². The van der Waals surface area contributed by atoms with Gasteiger partial charge in [-0.15, -0.1) is 0 Å². The maximum atomic E-state index is 12.5. The molecule has 1 aliphatic carbocycles. The Labute approximate surface area is 122 Å². The summed E-state index contributed by atoms with van der Waals surface area (Å²) in [6.07, 6.45) is 2.26. The summed E-state index contributed by atoms with van der Waals surface area (Å²) >= 11 is 0. The first-order chi connectivity index (χ1) is 9.45. The molecular formula is C15H24N2O2S. The van der Waals surface area contributed by atoms with Crippen molar-refractivity contribution in [2.24, 2.45) is 5.92 Å². The van der Waals surface area contributed by atoms with Crippen molar-refractivity contribution in [1.29, 1.82) is 0 Å². The van der Waals surface area contributed by atoms with Gasteiger partial charge in [0.15, 0.2) is 0 Å². The number of hydrogen-bond donors (Lipinski definition) is 2. The van der Waals surface area contributed by atoms with Crippen molar-refractivity contribution in [2.45, 2.75) is 51.1 Å². The summed E-state index contributed by atoms with van der Waals surface area (Å²) in [5, 5.41) is 3.24. The second kappa shape index (κ2) is 6.24. The lowest BCUT2D eigenvalue weighted by Gasteiger charge is -2.16. The summed E-state index contributed by atoms with van der Waals surface area (Å²) in [4.78, 5) is 0.403. The summed E-state index contributed by atoms with van der Waals surface area (Å²) in [5.74, 6) is 0.509. The number of hydrogen-bond acceptors (Lipinski definition) is 3. The van der Waals surface area contributed by atoms with Crippen molar-refractivity contribution in [2.75, 3.05) is 6.54 Å². The molecule has 2 N–H and O–H groups in total. The van der Waals surface area contributed by atoms with Crippen LogP contribution in [0.4, 0.5) is 0 Å². The maximum Gasteiger partial charge on any atom is 0.241 e. The maximum absolute atomic E-state index is 12.5. The first-order valence-electron chi connectivity index (χ1n) is 7.27. The van der Waals surface area contributed by atoms with Crippen molar-refractivity contribution in [3.05, 3.63) is 29.3 Å². The van der Waals surface area contributed by atoms with Gasteiger partial charge in [-0.25, -0.2) is 13.1 Å². The van der Waals surface area contributed by atoms with Crippen LogP contribution in [0.25, 0.3) is 0 Å². The number of benzene rings is 1. The van der Waals surface area contributed by atoms with Gasteiger partial charge in [0.25, 0.3) is 0 Å². The van der Waals surface area contributed by atoms with Gasteiger partial charge in [0.05, 0.1) is 4.90 Å². The highest BCUT2D eigenvalue weighted by Crippen LogP contribution is 2.33. The predicted molar refractivity (Wildman–Crippen MR) is 81.1 cm³/mol. The molecule has 0 saturated heterocycles. The SMILES string of the molecule is CCNCc1cccc(S(=O)(=O)NC(C)C2CC2)c1C. The highest BCUT2D eigenvalue weighted by atomic mass is 32.2. The second-order valence-electron chi connectivity index (χ2n) is 5.57. The van der Waals surface area contributed by atoms with Gasteiger partial charge in [0, 0.05) is 12.6 Å². The van der Waals surface area contributed by atoms with E-state index in [4.69, 9.17) is 0 Å². The smallest absolute Gasteiger partial charge is 0.241 e. The summed E-state index contributed by atoms with van der Waals surface area (Å²) in [6.45, 7) is 7.43. The quantitative estimate of drug-likeness (QED) is 0.811. The Balaban J connectivity index is 2.21. The fourth-order valence-electron chi connectivity index (χ4n) is 2.40. The molecule has 0 amide bonds. The van der Waals surface area contributed by atoms with Gasteiger partial charge in [-0.05, 0) is 56.3 Å². The monoisotopic (exact) mass is 296 g/mol. The fourth-order valence-corrected chi connectivity index (χ4v) is 4.00. The molecule has 20 heavy (non-hydrogen) atoms. The van der Waals surface area contributed by atoms with Crippen LogP contribution in [0.5, 0.6) is 0 Å². The molecule has 0 spiro atoms. The Kier molecular flexibility index (Phi) is 4.83. The third kappa shape index (κ3) is 3.59. The molecule has 1 aromatic carbocycles. The summed E-state index contributed by atoms with van der Waals surface area (Å²) in [6, 6.07) is 5.50. The minimum absolute atomic E-state index is 0.0248. The summed E-state index contributed by atoms with van der Waals surface area (Å²) < 4.78 is 27.8. The molecule has 1 aromatic rings. The lowest BCUT2D eigenvalue weighted by Crippen LogP contribution is -2.34. The standard InChI is InChI=1S/C15H24N2O2S/c1-4-16-10-14-6-5-7-15(11(14)2)20(18,19)17-12(3)13-8-9-13/h5-7,12-13,16-17H,4,8-10H2,1-3H3. The molecule has 5 heteroatoms. The zero-order chi connectivity index (χ0) is 14.8. The third-order valence-electron chi connectivity index (χ3n) is 3.92. The summed E-state index contributed by atoms with van der Waals surface area (Å²) in [5.41, 5.74) is 1.87. The van der Waals surface area contributed by atoms with E-state index in [9.17, 15) is 8.42 Å². The van der Waals surface area contributed by atoms with Gasteiger partial charge < -0.3 is 5.32 Å². The first-order valence-corrected chi connectivity index (χ1v) is 8.75. The fraction of sp³-hybridized carbons (Fsp3) is 0.600. The van der Waals surface area contributed by atoms with Crippen LogP contribution >= 0.6 is 0 Å². The molecule has 1 fully saturated rings. The molecule has 0 aliphatic heterocycles. The molecule has 0 aromatic heterocycles. The zero-order valence-electron chi connectivity index (χ0n) is 12.4. The lowest BCUT2D eigenvalue weighted by atomic mass is 10.1. The summed E-state index contributed by atoms with van der Waals surface area (Å²) in [7, 11) is -3.42. The lowest BCUT2D eigenvalue weighted by molar-refractivity contribution is 0.537. The molecule has 1 aliphatic rings. The van der Waals surface area contributed by atoms with Crippen LogP contribution in [0, 0.1) is 12.8 Å². The van der Waals surface area contributed by atoms with E-state index in [1.54, 1.807) is 6.07 Å². The number of rotatable bonds is 7. The second-order valence-corrected chi connectivity index (χ2v) is 7.25. The highest BCUT2D eigenvalue weighted by Gasteiger charge is 2.31. The minimum atomic E-state index is -3.42. The zero-order valence-corrected chi connectivity index (χ0v) is 13.3. The van der Waals surface area contributed by atoms with Crippen LogP contribution in [0.15, 0.2) is 23.1 Å². The van der Waals surface area contributed by atoms with Gasteiger partial charge >= 0.3 is 0 Å². The molecule has 1 atom stereocenters. The van der Waals surface area contributed by atoms with E-state index in [1.807, 2.05) is 32.9 Å². The van der Waals surface area contributed by atoms with Crippen LogP contribution in [0.2, 0.25) is 0 Å². The van der Waals surface area contributed by atoms with Gasteiger partial charge in [0.2, 0.25) is 10.0 Å². The highest BCUT2D eigenvalue weighted by molar-refractivity contribution is 7.89. The van der Waals surface area contributed by atoms with E-state index in [0.717, 1.165) is 30.5 Å². The van der Waals surface area contributed by atoms with E-state index in [0.29, 0.717) is 17.4 Å². The van der Waals surface area contributed by atoms with E-state index >= 15 is 0 Å². The van der Waals surface area contributed by atoms with Crippen LogP contribution in [-0.4, -0.2) is 21.0 Å². The third-order valence-corrected chi connectivity index (χ3v) is 5.62. The molecule has 1 saturated carbocycles. The van der Waals surface area contributed by atoms with E-state index in [1.165, 1.54) is 0 Å². The van der Waals surface area contributed by atoms with Crippen molar-refractivity contribution in [3.8, 4) is 0 Å². The van der Waals surface area contributed by atoms with Gasteiger partial charge in [-0.3, -0.25) is 0 Å². The topological polar surface area (TPSA) is 58.2 Å². The average Bonchev–Trinajstić information content (AvgIpc) is 3.21. The van der Waals surface area contributed by atoms with E-state index in [2.05, 4.69) is 10.0 Å². The largest absolute Gasteiger partial charge is 0.313 e. The normalized spacial score (nSPS) is 17.1. The Hall–Kier alpha value is -0.910. The van der Waals surface area contributed by atoms with Crippen LogP contribution in [-0.2, 0) is 16.6 Å². The molecule has 0 radical (unpaired) electrons. The Bertz CT molecular complexity index is 565. The number of nitrogens with one attached hydrogen (secondary N) is 2. The molecular weight excluding hydrogens is 272 g/mol. The predicted octanol–water partition coefficient (Wildman–Crippen LogP) is 2.18. The molecule has 112 valence electrons. The first kappa shape index (κ1) is 15.5. The number of sulfonamides is 1.